The van der Waals surface area contributed by atoms with E-state index in [0.29, 0.717) is 5.02 Å². The van der Waals surface area contributed by atoms with Gasteiger partial charge in [0.05, 0.1) is 5.60 Å². The van der Waals surface area contributed by atoms with Gasteiger partial charge in [0.2, 0.25) is 0 Å². The summed E-state index contributed by atoms with van der Waals surface area (Å²) in [4.78, 5) is 11.5. The number of hydrogen-bond acceptors (Lipinski definition) is 3. The molecule has 1 amide bonds. The molecule has 6 heteroatoms. The Kier molecular flexibility index (Phi) is 4.06. The molecule has 1 unspecified atom stereocenters. The van der Waals surface area contributed by atoms with Gasteiger partial charge < -0.3 is 15.8 Å². The summed E-state index contributed by atoms with van der Waals surface area (Å²) < 4.78 is 6.00. The van der Waals surface area contributed by atoms with Gasteiger partial charge in [-0.15, -0.1) is 12.4 Å². The summed E-state index contributed by atoms with van der Waals surface area (Å²) in [6.07, 6.45) is 1.03. The summed E-state index contributed by atoms with van der Waals surface area (Å²) in [5, 5.41) is 3.96. The molecule has 2 aliphatic rings. The quantitative estimate of drug-likeness (QED) is 0.833. The molecule has 1 saturated heterocycles. The first-order valence-corrected chi connectivity index (χ1v) is 6.48. The summed E-state index contributed by atoms with van der Waals surface area (Å²) in [7, 11) is 0. The molecule has 4 nitrogen and oxygen atoms in total. The van der Waals surface area contributed by atoms with Crippen molar-refractivity contribution in [1.82, 2.24) is 5.32 Å². The van der Waals surface area contributed by atoms with Gasteiger partial charge in [0.15, 0.2) is 6.10 Å². The minimum Gasteiger partial charge on any atom is -0.367 e. The topological polar surface area (TPSA) is 64.4 Å². The number of nitrogens with one attached hydrogen (secondary N) is 1. The molecule has 3 N–H and O–H groups in total. The van der Waals surface area contributed by atoms with Crippen LogP contribution in [0.2, 0.25) is 5.02 Å². The number of nitrogens with two attached hydrogens (primary N) is 1. The average molecular weight is 303 g/mol. The van der Waals surface area contributed by atoms with Crippen LogP contribution in [0, 0.1) is 0 Å². The van der Waals surface area contributed by atoms with Crippen LogP contribution in [0.4, 0.5) is 0 Å². The molecule has 1 aromatic carbocycles. The van der Waals surface area contributed by atoms with Crippen molar-refractivity contribution in [1.29, 1.82) is 0 Å². The Labute approximate surface area is 123 Å². The Morgan fingerprint density at radius 2 is 2.11 bits per heavy atom. The second kappa shape index (κ2) is 5.29. The third-order valence-electron chi connectivity index (χ3n) is 3.80. The number of primary amides is 1. The van der Waals surface area contributed by atoms with E-state index in [1.807, 2.05) is 12.1 Å². The van der Waals surface area contributed by atoms with Crippen molar-refractivity contribution in [3.63, 3.8) is 0 Å². The zero-order valence-electron chi connectivity index (χ0n) is 10.3. The summed E-state index contributed by atoms with van der Waals surface area (Å²) >= 11 is 6.07. The summed E-state index contributed by atoms with van der Waals surface area (Å²) in [6, 6.07) is 5.54. The number of rotatable bonds is 1. The Morgan fingerprint density at radius 1 is 1.42 bits per heavy atom. The van der Waals surface area contributed by atoms with E-state index >= 15 is 0 Å². The average Bonchev–Trinajstić information content (AvgIpc) is 2.65. The van der Waals surface area contributed by atoms with E-state index in [0.717, 1.165) is 37.1 Å². The molecule has 2 aliphatic heterocycles. The zero-order chi connectivity index (χ0) is 12.8. The molecule has 3 rings (SSSR count). The maximum absolute atomic E-state index is 11.5. The molecule has 0 aliphatic carbocycles. The number of halogens is 2. The summed E-state index contributed by atoms with van der Waals surface area (Å²) in [5.74, 6) is -0.436. The van der Waals surface area contributed by atoms with Gasteiger partial charge in [0.1, 0.15) is 0 Å². The van der Waals surface area contributed by atoms with Gasteiger partial charge in [-0.05, 0) is 49.2 Å². The predicted molar refractivity (Wildman–Crippen MR) is 75.5 cm³/mol. The first-order valence-electron chi connectivity index (χ1n) is 6.10. The van der Waals surface area contributed by atoms with Crippen LogP contribution in [0.3, 0.4) is 0 Å². The molecule has 1 spiro atoms. The first-order chi connectivity index (χ1) is 8.62. The predicted octanol–water partition coefficient (Wildman–Crippen LogP) is 1.90. The second-order valence-corrected chi connectivity index (χ2v) is 5.31. The number of benzene rings is 1. The van der Waals surface area contributed by atoms with Crippen molar-refractivity contribution in [2.45, 2.75) is 24.5 Å². The Morgan fingerprint density at radius 3 is 2.74 bits per heavy atom. The minimum atomic E-state index is -0.643. The number of ether oxygens (including phenoxy) is 1. The first kappa shape index (κ1) is 14.6. The van der Waals surface area contributed by atoms with Crippen LogP contribution in [0.25, 0.3) is 0 Å². The number of carbonyl (C=O) groups excluding carboxylic acids is 1. The molecule has 0 radical (unpaired) electrons. The van der Waals surface area contributed by atoms with E-state index in [2.05, 4.69) is 5.32 Å². The fourth-order valence-corrected chi connectivity index (χ4v) is 3.11. The van der Waals surface area contributed by atoms with Crippen LogP contribution in [-0.4, -0.2) is 19.0 Å². The maximum atomic E-state index is 11.5. The Balaban J connectivity index is 0.00000133. The van der Waals surface area contributed by atoms with Crippen molar-refractivity contribution >= 4 is 29.9 Å². The molecule has 1 aromatic rings. The molecular formula is C13H16Cl2N2O2. The van der Waals surface area contributed by atoms with E-state index < -0.39 is 17.6 Å². The molecule has 1 fully saturated rings. The third-order valence-corrected chi connectivity index (χ3v) is 4.04. The van der Waals surface area contributed by atoms with Gasteiger partial charge in [-0.2, -0.15) is 0 Å². The highest BCUT2D eigenvalue weighted by Gasteiger charge is 2.47. The van der Waals surface area contributed by atoms with E-state index in [1.54, 1.807) is 6.07 Å². The lowest BCUT2D eigenvalue weighted by atomic mass is 9.84. The van der Waals surface area contributed by atoms with Gasteiger partial charge in [-0.3, -0.25) is 4.79 Å². The highest BCUT2D eigenvalue weighted by atomic mass is 35.5. The molecule has 0 saturated carbocycles. The number of amides is 1. The fourth-order valence-electron chi connectivity index (χ4n) is 2.93. The van der Waals surface area contributed by atoms with Crippen LogP contribution < -0.4 is 11.1 Å². The van der Waals surface area contributed by atoms with E-state index in [-0.39, 0.29) is 12.4 Å². The van der Waals surface area contributed by atoms with Crippen molar-refractivity contribution in [2.24, 2.45) is 5.73 Å². The van der Waals surface area contributed by atoms with Crippen molar-refractivity contribution < 1.29 is 9.53 Å². The molecular weight excluding hydrogens is 287 g/mol. The Hall–Kier alpha value is -0.810. The Bertz CT molecular complexity index is 501. The van der Waals surface area contributed by atoms with Gasteiger partial charge in [0.25, 0.3) is 5.91 Å². The van der Waals surface area contributed by atoms with Gasteiger partial charge in [-0.25, -0.2) is 0 Å². The smallest absolute Gasteiger partial charge is 0.251 e. The van der Waals surface area contributed by atoms with E-state index in [4.69, 9.17) is 22.1 Å². The molecule has 1 atom stereocenters. The monoisotopic (exact) mass is 302 g/mol. The largest absolute Gasteiger partial charge is 0.367 e. The minimum absolute atomic E-state index is 0. The molecule has 104 valence electrons. The highest BCUT2D eigenvalue weighted by Crippen LogP contribution is 2.48. The zero-order valence-corrected chi connectivity index (χ0v) is 11.9. The maximum Gasteiger partial charge on any atom is 0.251 e. The van der Waals surface area contributed by atoms with Gasteiger partial charge >= 0.3 is 0 Å². The summed E-state index contributed by atoms with van der Waals surface area (Å²) in [5.41, 5.74) is 6.93. The van der Waals surface area contributed by atoms with Crippen molar-refractivity contribution in [3.05, 3.63) is 34.3 Å². The summed E-state index contributed by atoms with van der Waals surface area (Å²) in [6.45, 7) is 1.74. The third kappa shape index (κ3) is 2.34. The van der Waals surface area contributed by atoms with Gasteiger partial charge in [0, 0.05) is 5.02 Å². The van der Waals surface area contributed by atoms with Crippen LogP contribution in [0.5, 0.6) is 0 Å². The lowest BCUT2D eigenvalue weighted by molar-refractivity contribution is -0.144. The van der Waals surface area contributed by atoms with Crippen LogP contribution in [0.1, 0.15) is 30.1 Å². The standard InChI is InChI=1S/C13H15ClN2O2.ClH/c14-8-1-2-9-10(7-8)13(3-5-16-6-4-13)18-11(9)12(15)17;/h1-2,7,11,16H,3-6H2,(H2,15,17);1H. The van der Waals surface area contributed by atoms with Crippen molar-refractivity contribution in [3.8, 4) is 0 Å². The fraction of sp³-hybridized carbons (Fsp3) is 0.462. The molecule has 0 bridgehead atoms. The molecule has 19 heavy (non-hydrogen) atoms. The van der Waals surface area contributed by atoms with E-state index in [1.165, 1.54) is 0 Å². The number of fused-ring (bicyclic) bond motifs is 2. The highest BCUT2D eigenvalue weighted by molar-refractivity contribution is 6.30. The second-order valence-electron chi connectivity index (χ2n) is 4.88. The van der Waals surface area contributed by atoms with E-state index in [9.17, 15) is 4.79 Å². The lowest BCUT2D eigenvalue weighted by Gasteiger charge is -2.34. The lowest BCUT2D eigenvalue weighted by Crippen LogP contribution is -2.40. The van der Waals surface area contributed by atoms with Crippen molar-refractivity contribution in [2.75, 3.05) is 13.1 Å². The van der Waals surface area contributed by atoms with Crippen LogP contribution in [0.15, 0.2) is 18.2 Å². The number of hydrogen-bond donors (Lipinski definition) is 2. The number of carbonyl (C=O) groups is 1. The van der Waals surface area contributed by atoms with Gasteiger partial charge in [-0.1, -0.05) is 17.7 Å². The van der Waals surface area contributed by atoms with Crippen LogP contribution in [-0.2, 0) is 15.1 Å². The SMILES string of the molecule is Cl.NC(=O)C1OC2(CCNCC2)c2cc(Cl)ccc21. The normalized spacial score (nSPS) is 23.7. The molecule has 0 aromatic heterocycles. The molecule has 2 heterocycles. The van der Waals surface area contributed by atoms with Crippen LogP contribution >= 0.6 is 24.0 Å². The number of piperidine rings is 1.